The van der Waals surface area contributed by atoms with Gasteiger partial charge in [-0.1, -0.05) is 20.8 Å². The van der Waals surface area contributed by atoms with Gasteiger partial charge in [0.05, 0.1) is 5.57 Å². The summed E-state index contributed by atoms with van der Waals surface area (Å²) in [7, 11) is 0. The largest absolute Gasteiger partial charge is 0.478 e. The standard InChI is InChI=1S/C12H20O6/c1-11(2,3)7(9(13)14)8(10(15)16)17-18-12(4,5)6/h1-6H3,(H,13,14)(H,15,16)/b8-7+. The van der Waals surface area contributed by atoms with E-state index in [1.54, 1.807) is 41.5 Å². The second-order valence-electron chi connectivity index (χ2n) is 5.84. The summed E-state index contributed by atoms with van der Waals surface area (Å²) < 4.78 is 0. The predicted octanol–water partition coefficient (Wildman–Crippen LogP) is 2.20. The van der Waals surface area contributed by atoms with Crippen molar-refractivity contribution < 1.29 is 29.6 Å². The number of hydrogen-bond donors (Lipinski definition) is 2. The van der Waals surface area contributed by atoms with E-state index in [1.807, 2.05) is 0 Å². The number of hydrogen-bond acceptors (Lipinski definition) is 4. The molecule has 0 saturated heterocycles. The maximum absolute atomic E-state index is 11.2. The minimum absolute atomic E-state index is 0.348. The molecule has 18 heavy (non-hydrogen) atoms. The summed E-state index contributed by atoms with van der Waals surface area (Å²) in [5.74, 6) is -3.53. The molecule has 0 aromatic rings. The highest BCUT2D eigenvalue weighted by molar-refractivity contribution is 5.98. The fourth-order valence-electron chi connectivity index (χ4n) is 1.11. The monoisotopic (exact) mass is 260 g/mol. The second-order valence-corrected chi connectivity index (χ2v) is 5.84. The first-order valence-corrected chi connectivity index (χ1v) is 5.43. The summed E-state index contributed by atoms with van der Waals surface area (Å²) in [6.07, 6.45) is 0. The molecule has 0 rings (SSSR count). The van der Waals surface area contributed by atoms with Crippen molar-refractivity contribution >= 4 is 11.9 Å². The van der Waals surface area contributed by atoms with E-state index in [2.05, 4.69) is 0 Å². The SMILES string of the molecule is CC(C)(C)OO/C(C(=O)O)=C(\C(=O)O)C(C)(C)C. The van der Waals surface area contributed by atoms with Crippen molar-refractivity contribution in [1.82, 2.24) is 0 Å². The normalized spacial score (nSPS) is 13.9. The van der Waals surface area contributed by atoms with Crippen LogP contribution in [0.2, 0.25) is 0 Å². The van der Waals surface area contributed by atoms with Gasteiger partial charge in [-0.15, -0.1) is 0 Å². The molecule has 0 aliphatic rings. The molecule has 0 spiro atoms. The lowest BCUT2D eigenvalue weighted by Crippen LogP contribution is -2.27. The van der Waals surface area contributed by atoms with Crippen molar-refractivity contribution in [3.63, 3.8) is 0 Å². The van der Waals surface area contributed by atoms with Gasteiger partial charge in [-0.2, -0.15) is 4.89 Å². The lowest BCUT2D eigenvalue weighted by molar-refractivity contribution is -0.321. The Morgan fingerprint density at radius 2 is 1.33 bits per heavy atom. The van der Waals surface area contributed by atoms with Crippen LogP contribution in [0.3, 0.4) is 0 Å². The molecule has 0 saturated carbocycles. The number of rotatable bonds is 4. The minimum Gasteiger partial charge on any atom is -0.478 e. The van der Waals surface area contributed by atoms with E-state index in [4.69, 9.17) is 20.0 Å². The molecule has 0 aromatic heterocycles. The molecule has 0 heterocycles. The average Bonchev–Trinajstić information content (AvgIpc) is 2.06. The van der Waals surface area contributed by atoms with Gasteiger partial charge in [0, 0.05) is 0 Å². The summed E-state index contributed by atoms with van der Waals surface area (Å²) in [5, 5.41) is 18.1. The Balaban J connectivity index is 5.52. The minimum atomic E-state index is -1.48. The Hall–Kier alpha value is -1.56. The first-order valence-electron chi connectivity index (χ1n) is 5.43. The van der Waals surface area contributed by atoms with Gasteiger partial charge in [0.2, 0.25) is 0 Å². The van der Waals surface area contributed by atoms with Gasteiger partial charge >= 0.3 is 11.9 Å². The first kappa shape index (κ1) is 16.4. The number of carboxylic acid groups (broad SMARTS) is 2. The molecule has 0 fully saturated rings. The van der Waals surface area contributed by atoms with Crippen LogP contribution in [0.5, 0.6) is 0 Å². The van der Waals surface area contributed by atoms with E-state index in [0.717, 1.165) is 0 Å². The molecule has 2 N–H and O–H groups in total. The van der Waals surface area contributed by atoms with Crippen LogP contribution in [0.15, 0.2) is 11.3 Å². The smallest absolute Gasteiger partial charge is 0.375 e. The molecule has 6 heteroatoms. The van der Waals surface area contributed by atoms with Crippen LogP contribution in [-0.4, -0.2) is 27.8 Å². The van der Waals surface area contributed by atoms with Crippen LogP contribution in [0, 0.1) is 5.41 Å². The van der Waals surface area contributed by atoms with E-state index in [0.29, 0.717) is 0 Å². The predicted molar refractivity (Wildman–Crippen MR) is 63.7 cm³/mol. The zero-order valence-electron chi connectivity index (χ0n) is 11.5. The molecule has 0 amide bonds. The van der Waals surface area contributed by atoms with Crippen LogP contribution in [0.25, 0.3) is 0 Å². The third kappa shape index (κ3) is 5.18. The highest BCUT2D eigenvalue weighted by atomic mass is 17.2. The summed E-state index contributed by atoms with van der Waals surface area (Å²) >= 11 is 0. The Morgan fingerprint density at radius 1 is 0.889 bits per heavy atom. The van der Waals surface area contributed by atoms with Crippen LogP contribution >= 0.6 is 0 Å². The number of carbonyl (C=O) groups is 2. The highest BCUT2D eigenvalue weighted by Crippen LogP contribution is 2.29. The maximum Gasteiger partial charge on any atom is 0.375 e. The van der Waals surface area contributed by atoms with E-state index in [-0.39, 0.29) is 5.57 Å². The summed E-state index contributed by atoms with van der Waals surface area (Å²) in [6, 6.07) is 0. The van der Waals surface area contributed by atoms with Gasteiger partial charge in [0.1, 0.15) is 5.60 Å². The molecule has 0 aromatic carbocycles. The third-order valence-electron chi connectivity index (χ3n) is 1.76. The molecule has 0 aliphatic heterocycles. The average molecular weight is 260 g/mol. The lowest BCUT2D eigenvalue weighted by atomic mass is 9.85. The van der Waals surface area contributed by atoms with Crippen molar-refractivity contribution in [1.29, 1.82) is 0 Å². The van der Waals surface area contributed by atoms with Crippen molar-refractivity contribution in [2.24, 2.45) is 5.41 Å². The molecule has 0 aliphatic carbocycles. The summed E-state index contributed by atoms with van der Waals surface area (Å²) in [4.78, 5) is 31.8. The van der Waals surface area contributed by atoms with Crippen LogP contribution < -0.4 is 0 Å². The van der Waals surface area contributed by atoms with Crippen molar-refractivity contribution in [3.8, 4) is 0 Å². The zero-order valence-corrected chi connectivity index (χ0v) is 11.5. The Morgan fingerprint density at radius 3 is 1.56 bits per heavy atom. The van der Waals surface area contributed by atoms with Gasteiger partial charge < -0.3 is 15.1 Å². The van der Waals surface area contributed by atoms with Crippen LogP contribution in [0.4, 0.5) is 0 Å². The molecular formula is C12H20O6. The van der Waals surface area contributed by atoms with E-state index in [1.165, 1.54) is 0 Å². The van der Waals surface area contributed by atoms with Gasteiger partial charge in [-0.3, -0.25) is 0 Å². The Kier molecular flexibility index (Phi) is 4.92. The molecule has 0 unspecified atom stereocenters. The molecule has 0 atom stereocenters. The van der Waals surface area contributed by atoms with Crippen molar-refractivity contribution in [2.45, 2.75) is 47.1 Å². The number of aliphatic carboxylic acids is 2. The lowest BCUT2D eigenvalue weighted by Gasteiger charge is -2.23. The van der Waals surface area contributed by atoms with Gasteiger partial charge in [0.25, 0.3) is 5.76 Å². The quantitative estimate of drug-likeness (QED) is 0.348. The third-order valence-corrected chi connectivity index (χ3v) is 1.76. The van der Waals surface area contributed by atoms with E-state index < -0.39 is 28.7 Å². The van der Waals surface area contributed by atoms with Gasteiger partial charge in [-0.25, -0.2) is 9.59 Å². The fraction of sp³-hybridized carbons (Fsp3) is 0.667. The van der Waals surface area contributed by atoms with Gasteiger partial charge in [0.15, 0.2) is 0 Å². The summed E-state index contributed by atoms with van der Waals surface area (Å²) in [5.41, 5.74) is -1.98. The van der Waals surface area contributed by atoms with E-state index in [9.17, 15) is 9.59 Å². The molecule has 6 nitrogen and oxygen atoms in total. The first-order chi connectivity index (χ1) is 7.86. The van der Waals surface area contributed by atoms with Crippen LogP contribution in [-0.2, 0) is 19.4 Å². The summed E-state index contributed by atoms with van der Waals surface area (Å²) in [6.45, 7) is 9.72. The fourth-order valence-corrected chi connectivity index (χ4v) is 1.11. The van der Waals surface area contributed by atoms with E-state index >= 15 is 0 Å². The Labute approximate surface area is 106 Å². The highest BCUT2D eigenvalue weighted by Gasteiger charge is 2.33. The second kappa shape index (κ2) is 5.39. The zero-order chi connectivity index (χ0) is 14.7. The molecular weight excluding hydrogens is 240 g/mol. The maximum atomic E-state index is 11.2. The molecule has 104 valence electrons. The van der Waals surface area contributed by atoms with Gasteiger partial charge in [-0.05, 0) is 26.2 Å². The van der Waals surface area contributed by atoms with Crippen molar-refractivity contribution in [2.75, 3.05) is 0 Å². The van der Waals surface area contributed by atoms with Crippen LogP contribution in [0.1, 0.15) is 41.5 Å². The Bertz CT molecular complexity index is 367. The molecule has 0 radical (unpaired) electrons. The number of carboxylic acids is 2. The topological polar surface area (TPSA) is 93.1 Å². The molecule has 0 bridgehead atoms. The van der Waals surface area contributed by atoms with Crippen molar-refractivity contribution in [3.05, 3.63) is 11.3 Å².